The summed E-state index contributed by atoms with van der Waals surface area (Å²) in [5.74, 6) is -1.36. The molecule has 0 radical (unpaired) electrons. The lowest BCUT2D eigenvalue weighted by molar-refractivity contribution is 0.249. The number of aromatic nitrogens is 2. The summed E-state index contributed by atoms with van der Waals surface area (Å²) in [5, 5.41) is 3.01. The predicted molar refractivity (Wildman–Crippen MR) is 176 cm³/mol. The van der Waals surface area contributed by atoms with Crippen LogP contribution in [0.5, 0.6) is 5.75 Å². The third-order valence-corrected chi connectivity index (χ3v) is 9.63. The first-order valence-corrected chi connectivity index (χ1v) is 16.1. The number of benzene rings is 3. The van der Waals surface area contributed by atoms with Gasteiger partial charge in [0, 0.05) is 30.4 Å². The third kappa shape index (κ3) is 5.86. The number of nitrogens with one attached hydrogen (secondary N) is 1. The maximum absolute atomic E-state index is 15.6. The second kappa shape index (κ2) is 12.5. The van der Waals surface area contributed by atoms with Crippen LogP contribution in [0, 0.1) is 24.4 Å². The molecule has 7 rings (SSSR count). The van der Waals surface area contributed by atoms with E-state index in [1.807, 2.05) is 0 Å². The predicted octanol–water partition coefficient (Wildman–Crippen LogP) is 7.42. The van der Waals surface area contributed by atoms with Crippen molar-refractivity contribution in [3.63, 3.8) is 0 Å². The summed E-state index contributed by atoms with van der Waals surface area (Å²) < 4.78 is 51.9. The first kappa shape index (κ1) is 30.3. The van der Waals surface area contributed by atoms with E-state index in [2.05, 4.69) is 69.2 Å². The molecule has 1 atom stereocenters. The van der Waals surface area contributed by atoms with Crippen molar-refractivity contribution in [1.82, 2.24) is 14.9 Å². The van der Waals surface area contributed by atoms with E-state index in [0.29, 0.717) is 36.3 Å². The largest absolute Gasteiger partial charge is 0.486 e. The van der Waals surface area contributed by atoms with Crippen LogP contribution in [0.3, 0.4) is 0 Å². The second-order valence-electron chi connectivity index (χ2n) is 12.8. The molecule has 1 fully saturated rings. The maximum atomic E-state index is 15.6. The van der Waals surface area contributed by atoms with E-state index in [-0.39, 0.29) is 34.8 Å². The van der Waals surface area contributed by atoms with E-state index < -0.39 is 11.6 Å². The van der Waals surface area contributed by atoms with Crippen LogP contribution in [-0.4, -0.2) is 61.2 Å². The van der Waals surface area contributed by atoms with Gasteiger partial charge in [-0.3, -0.25) is 0 Å². The Bertz CT molecular complexity index is 1760. The first-order valence-electron chi connectivity index (χ1n) is 16.1. The summed E-state index contributed by atoms with van der Waals surface area (Å²) in [6.07, 6.45) is 5.97. The zero-order valence-corrected chi connectivity index (χ0v) is 26.5. The van der Waals surface area contributed by atoms with Crippen LogP contribution < -0.4 is 19.9 Å². The van der Waals surface area contributed by atoms with Gasteiger partial charge in [-0.1, -0.05) is 23.8 Å². The van der Waals surface area contributed by atoms with Gasteiger partial charge in [-0.15, -0.1) is 0 Å². The molecule has 0 amide bonds. The number of rotatable bonds is 6. The molecular formula is C36H39F3N6O. The molecule has 10 heteroatoms. The lowest BCUT2D eigenvalue weighted by Crippen LogP contribution is -2.42. The van der Waals surface area contributed by atoms with Crippen LogP contribution in [0.2, 0.25) is 0 Å². The molecule has 1 unspecified atom stereocenters. The van der Waals surface area contributed by atoms with E-state index in [1.165, 1.54) is 28.8 Å². The number of piperidine rings is 1. The first-order chi connectivity index (χ1) is 22.2. The minimum atomic E-state index is -0.686. The van der Waals surface area contributed by atoms with Crippen molar-refractivity contribution >= 4 is 23.0 Å². The van der Waals surface area contributed by atoms with E-state index >= 15 is 13.2 Å². The molecule has 1 saturated heterocycles. The van der Waals surface area contributed by atoms with Gasteiger partial charge in [-0.25, -0.2) is 23.1 Å². The average Bonchev–Trinajstić information content (AvgIpc) is 3.05. The topological polar surface area (TPSA) is 56.8 Å². The molecule has 3 aromatic carbocycles. The van der Waals surface area contributed by atoms with Crippen LogP contribution in [-0.2, 0) is 6.42 Å². The second-order valence-corrected chi connectivity index (χ2v) is 12.8. The van der Waals surface area contributed by atoms with Crippen molar-refractivity contribution in [3.05, 3.63) is 88.9 Å². The van der Waals surface area contributed by atoms with Gasteiger partial charge in [-0.2, -0.15) is 0 Å². The zero-order valence-electron chi connectivity index (χ0n) is 26.5. The zero-order chi connectivity index (χ0) is 31.9. The van der Waals surface area contributed by atoms with E-state index in [9.17, 15) is 0 Å². The molecule has 4 aromatic rings. The van der Waals surface area contributed by atoms with Gasteiger partial charge < -0.3 is 24.8 Å². The highest BCUT2D eigenvalue weighted by Crippen LogP contribution is 2.45. The van der Waals surface area contributed by atoms with Crippen molar-refractivity contribution in [3.8, 4) is 17.0 Å². The van der Waals surface area contributed by atoms with Gasteiger partial charge in [0.05, 0.1) is 30.2 Å². The molecule has 0 bridgehead atoms. The third-order valence-electron chi connectivity index (χ3n) is 9.63. The summed E-state index contributed by atoms with van der Waals surface area (Å²) in [7, 11) is 4.15. The molecule has 3 heterocycles. The Morgan fingerprint density at radius 1 is 0.891 bits per heavy atom. The normalized spacial score (nSPS) is 18.3. The van der Waals surface area contributed by atoms with Crippen molar-refractivity contribution in [2.45, 2.75) is 51.1 Å². The fourth-order valence-corrected chi connectivity index (χ4v) is 7.20. The quantitative estimate of drug-likeness (QED) is 0.239. The molecule has 240 valence electrons. The van der Waals surface area contributed by atoms with Crippen LogP contribution >= 0.6 is 0 Å². The number of hydrogen-bond donors (Lipinski definition) is 1. The Kier molecular flexibility index (Phi) is 8.23. The van der Waals surface area contributed by atoms with Crippen LogP contribution in [0.15, 0.2) is 54.7 Å². The highest BCUT2D eigenvalue weighted by atomic mass is 19.1. The number of nitrogens with zero attached hydrogens (tertiary/aromatic N) is 5. The molecule has 0 saturated carbocycles. The Hall–Kier alpha value is -4.31. The van der Waals surface area contributed by atoms with Gasteiger partial charge in [0.1, 0.15) is 18.1 Å². The molecule has 2 aliphatic heterocycles. The van der Waals surface area contributed by atoms with Gasteiger partial charge in [0.2, 0.25) is 5.95 Å². The Morgan fingerprint density at radius 3 is 2.50 bits per heavy atom. The van der Waals surface area contributed by atoms with Gasteiger partial charge in [-0.05, 0) is 94.6 Å². The molecule has 1 aliphatic carbocycles. The summed E-state index contributed by atoms with van der Waals surface area (Å²) in [6.45, 7) is 4.59. The molecular weight excluding hydrogens is 589 g/mol. The molecule has 0 spiro atoms. The van der Waals surface area contributed by atoms with Crippen molar-refractivity contribution in [2.75, 3.05) is 55.5 Å². The number of ether oxygens (including phenoxy) is 1. The fraction of sp³-hybridized carbons (Fsp3) is 0.389. The van der Waals surface area contributed by atoms with Crippen molar-refractivity contribution in [1.29, 1.82) is 0 Å². The van der Waals surface area contributed by atoms with Gasteiger partial charge in [0.25, 0.3) is 0 Å². The number of halogens is 3. The summed E-state index contributed by atoms with van der Waals surface area (Å²) >= 11 is 0. The average molecular weight is 629 g/mol. The van der Waals surface area contributed by atoms with Crippen LogP contribution in [0.25, 0.3) is 11.3 Å². The minimum absolute atomic E-state index is 0.0505. The summed E-state index contributed by atoms with van der Waals surface area (Å²) in [6, 6.07) is 15.0. The summed E-state index contributed by atoms with van der Waals surface area (Å²) in [4.78, 5) is 15.0. The number of anilines is 4. The highest BCUT2D eigenvalue weighted by molar-refractivity contribution is 5.74. The summed E-state index contributed by atoms with van der Waals surface area (Å²) in [5.41, 5.74) is 5.54. The number of fused-ring (bicyclic) bond motifs is 2. The number of hydrogen-bond acceptors (Lipinski definition) is 7. The Labute approximate surface area is 268 Å². The fourth-order valence-electron chi connectivity index (χ4n) is 7.20. The van der Waals surface area contributed by atoms with Crippen molar-refractivity contribution < 1.29 is 17.9 Å². The minimum Gasteiger partial charge on any atom is -0.486 e. The van der Waals surface area contributed by atoms with E-state index in [4.69, 9.17) is 4.74 Å². The molecule has 7 nitrogen and oxygen atoms in total. The van der Waals surface area contributed by atoms with Gasteiger partial charge >= 0.3 is 0 Å². The molecule has 3 aliphatic rings. The number of aryl methyl sites for hydroxylation is 2. The Morgan fingerprint density at radius 2 is 1.72 bits per heavy atom. The smallest absolute Gasteiger partial charge is 0.227 e. The molecule has 1 aromatic heterocycles. The van der Waals surface area contributed by atoms with Gasteiger partial charge in [0.15, 0.2) is 17.4 Å². The lowest BCUT2D eigenvalue weighted by Gasteiger charge is -2.41. The lowest BCUT2D eigenvalue weighted by atomic mass is 9.85. The standard InChI is InChI=1S/C36H39F3N6O/c1-22-7-8-23-5-4-6-31(27(23)17-22)45-15-16-46-35-29(38)18-24(19-33(35)45)34-30(39)21-40-36(42-34)41-25-9-10-32(28(37)20-25)44-13-11-26(12-14-44)43(2)3/h7-10,17-21,26,31H,4-6,11-16H2,1-3H3,(H,40,41,42). The van der Waals surface area contributed by atoms with Crippen LogP contribution in [0.4, 0.5) is 36.2 Å². The van der Waals surface area contributed by atoms with Crippen LogP contribution in [0.1, 0.15) is 48.4 Å². The monoisotopic (exact) mass is 628 g/mol. The SMILES string of the molecule is Cc1ccc2c(c1)C(N1CCOc3c(F)cc(-c4nc(Nc5ccc(N6CCC(N(C)C)CC6)c(F)c5)ncc4F)cc31)CCC2. The van der Waals surface area contributed by atoms with E-state index in [1.54, 1.807) is 18.2 Å². The highest BCUT2D eigenvalue weighted by Gasteiger charge is 2.32. The van der Waals surface area contributed by atoms with E-state index in [0.717, 1.165) is 51.4 Å². The Balaban J connectivity index is 1.15. The maximum Gasteiger partial charge on any atom is 0.227 e. The van der Waals surface area contributed by atoms with Crippen molar-refractivity contribution in [2.24, 2.45) is 0 Å². The molecule has 46 heavy (non-hydrogen) atoms. The molecule has 1 N–H and O–H groups in total.